The summed E-state index contributed by atoms with van der Waals surface area (Å²) in [4.78, 5) is 43.3. The summed E-state index contributed by atoms with van der Waals surface area (Å²) in [5.74, 6) is -0.817. The second-order valence-corrected chi connectivity index (χ2v) is 10.9. The van der Waals surface area contributed by atoms with Gasteiger partial charge in [-0.15, -0.1) is 0 Å². The molecular weight excluding hydrogens is 595 g/mol. The summed E-state index contributed by atoms with van der Waals surface area (Å²) in [5, 5.41) is 3.83. The monoisotopic (exact) mass is 634 g/mol. The van der Waals surface area contributed by atoms with Gasteiger partial charge in [0.2, 0.25) is 5.91 Å². The van der Waals surface area contributed by atoms with Gasteiger partial charge in [-0.05, 0) is 54.2 Å². The van der Waals surface area contributed by atoms with Crippen molar-refractivity contribution in [3.63, 3.8) is 0 Å². The minimum atomic E-state index is -0.901. The molecule has 43 heavy (non-hydrogen) atoms. The van der Waals surface area contributed by atoms with Gasteiger partial charge < -0.3 is 60.0 Å². The molecule has 2 aromatic carbocycles. The first-order chi connectivity index (χ1) is 20.0. The van der Waals surface area contributed by atoms with Gasteiger partial charge in [-0.3, -0.25) is 4.79 Å². The molecule has 1 amide bonds. The van der Waals surface area contributed by atoms with Gasteiger partial charge in [-0.2, -0.15) is 0 Å². The number of benzene rings is 2. The van der Waals surface area contributed by atoms with E-state index in [2.05, 4.69) is 16.0 Å². The molecule has 0 radical (unpaired) electrons. The molecule has 1 saturated heterocycles. The minimum Gasteiger partial charge on any atom is -1.00 e. The van der Waals surface area contributed by atoms with E-state index in [-0.39, 0.29) is 50.0 Å². The molecule has 10 nitrogen and oxygen atoms in total. The van der Waals surface area contributed by atoms with Crippen LogP contribution in [0.5, 0.6) is 5.75 Å². The summed E-state index contributed by atoms with van der Waals surface area (Å²) in [7, 11) is 0. The Hall–Kier alpha value is -3.15. The number of hydrogen-bond donors (Lipinski definition) is 4. The highest BCUT2D eigenvalue weighted by Gasteiger charge is 2.27. The summed E-state index contributed by atoms with van der Waals surface area (Å²) in [5.41, 5.74) is 8.23. The Kier molecular flexibility index (Phi) is 13.3. The molecule has 2 aliphatic rings. The topological polar surface area (TPSA) is 139 Å². The zero-order valence-corrected chi connectivity index (χ0v) is 25.7. The van der Waals surface area contributed by atoms with Gasteiger partial charge in [-0.25, -0.2) is 9.59 Å². The fourth-order valence-electron chi connectivity index (χ4n) is 5.53. The van der Waals surface area contributed by atoms with E-state index in [1.54, 1.807) is 0 Å². The molecule has 2 heterocycles. The summed E-state index contributed by atoms with van der Waals surface area (Å²) in [6.45, 7) is 4.29. The van der Waals surface area contributed by atoms with E-state index >= 15 is 0 Å². The number of aromatic nitrogens is 1. The number of carbonyl (C=O) groups is 3. The minimum absolute atomic E-state index is 0. The van der Waals surface area contributed by atoms with E-state index in [1.807, 2.05) is 48.7 Å². The summed E-state index contributed by atoms with van der Waals surface area (Å²) >= 11 is 0. The predicted octanol–water partition coefficient (Wildman–Crippen LogP) is -5.85. The van der Waals surface area contributed by atoms with Crippen molar-refractivity contribution in [3.05, 3.63) is 65.4 Å². The Bertz CT molecular complexity index is 1380. The normalized spacial score (nSPS) is 15.8. The Morgan fingerprint density at radius 3 is 2.60 bits per heavy atom. The van der Waals surface area contributed by atoms with Crippen molar-refractivity contribution in [1.82, 2.24) is 10.3 Å². The number of carbonyl (C=O) groups excluding carboxylic acids is 3. The van der Waals surface area contributed by atoms with Crippen LogP contribution in [0.2, 0.25) is 0 Å². The number of quaternary nitrogens is 2. The number of halogens is 2. The Morgan fingerprint density at radius 2 is 1.79 bits per heavy atom. The Morgan fingerprint density at radius 1 is 1.02 bits per heavy atom. The van der Waals surface area contributed by atoms with E-state index in [1.165, 1.54) is 16.0 Å². The number of nitrogens with one attached hydrogen (secondary N) is 3. The van der Waals surface area contributed by atoms with Crippen molar-refractivity contribution in [2.45, 2.75) is 50.6 Å². The average molecular weight is 636 g/mol. The smallest absolute Gasteiger partial charge is 0.364 e. The maximum atomic E-state index is 13.4. The molecule has 0 saturated carbocycles. The second-order valence-electron chi connectivity index (χ2n) is 10.9. The highest BCUT2D eigenvalue weighted by Crippen LogP contribution is 2.26. The molecule has 12 heteroatoms. The molecule has 0 unspecified atom stereocenters. The van der Waals surface area contributed by atoms with E-state index < -0.39 is 24.0 Å². The third-order valence-corrected chi connectivity index (χ3v) is 7.96. The van der Waals surface area contributed by atoms with Gasteiger partial charge in [0.15, 0.2) is 6.04 Å². The van der Waals surface area contributed by atoms with Crippen LogP contribution >= 0.6 is 0 Å². The molecular formula is C31H40Cl2N4O6. The van der Waals surface area contributed by atoms with Gasteiger partial charge in [0.05, 0.1) is 13.2 Å². The zero-order valence-electron chi connectivity index (χ0n) is 24.2. The van der Waals surface area contributed by atoms with Gasteiger partial charge >= 0.3 is 11.9 Å². The highest BCUT2D eigenvalue weighted by atomic mass is 35.5. The van der Waals surface area contributed by atoms with Crippen LogP contribution in [0.1, 0.15) is 36.0 Å². The molecule has 1 aromatic heterocycles. The number of ether oxygens (including phenoxy) is 3. The second kappa shape index (κ2) is 16.6. The number of para-hydroxylation sites is 1. The van der Waals surface area contributed by atoms with E-state index in [0.29, 0.717) is 12.4 Å². The van der Waals surface area contributed by atoms with Crippen molar-refractivity contribution in [1.29, 1.82) is 0 Å². The Labute approximate surface area is 263 Å². The van der Waals surface area contributed by atoms with Crippen molar-refractivity contribution in [2.75, 3.05) is 39.5 Å². The summed E-state index contributed by atoms with van der Waals surface area (Å²) in [6, 6.07) is 12.0. The third-order valence-electron chi connectivity index (χ3n) is 7.96. The van der Waals surface area contributed by atoms with Crippen LogP contribution < -0.4 is 45.5 Å². The van der Waals surface area contributed by atoms with Crippen LogP contribution in [0.3, 0.4) is 0 Å². The van der Waals surface area contributed by atoms with E-state index in [9.17, 15) is 14.4 Å². The standard InChI is InChI=1S/C31H38N4O6.2ClH/c32-26(30(37)40-17-14-35-12-15-39-16-13-35)10-11-29(36)34-28(19-23-20-33-27-7-2-1-6-25(23)27)31(38)41-24-9-8-21-4-3-5-22(21)18-24;;/h1-2,6-9,18,20,26,28,33H,3-5,10-17,19,32H2,(H,34,36);2*1H/t26-,28-;;/m1../s1. The van der Waals surface area contributed by atoms with Crippen LogP contribution in [0, 0.1) is 0 Å². The first kappa shape index (κ1) is 34.3. The van der Waals surface area contributed by atoms with E-state index in [0.717, 1.165) is 68.6 Å². The Balaban J connectivity index is 0.00000253. The van der Waals surface area contributed by atoms with E-state index in [4.69, 9.17) is 14.2 Å². The van der Waals surface area contributed by atoms with Gasteiger partial charge in [0.1, 0.15) is 38.0 Å². The number of amides is 1. The lowest BCUT2D eigenvalue weighted by Gasteiger charge is -2.23. The number of morpholine rings is 1. The maximum Gasteiger partial charge on any atom is 0.364 e. The number of hydrogen-bond acceptors (Lipinski definition) is 6. The van der Waals surface area contributed by atoms with Crippen LogP contribution in [0.4, 0.5) is 0 Å². The molecule has 234 valence electrons. The van der Waals surface area contributed by atoms with Crippen LogP contribution in [0.25, 0.3) is 10.9 Å². The number of fused-ring (bicyclic) bond motifs is 2. The molecule has 0 bridgehead atoms. The average Bonchev–Trinajstić information content (AvgIpc) is 3.63. The molecule has 2 atom stereocenters. The number of esters is 2. The third kappa shape index (κ3) is 9.42. The van der Waals surface area contributed by atoms with Crippen molar-refractivity contribution in [2.24, 2.45) is 0 Å². The number of H-pyrrole nitrogens is 1. The van der Waals surface area contributed by atoms with Crippen molar-refractivity contribution in [3.8, 4) is 5.75 Å². The first-order valence-corrected chi connectivity index (χ1v) is 14.5. The van der Waals surface area contributed by atoms with Crippen molar-refractivity contribution < 1.29 is 64.0 Å². The summed E-state index contributed by atoms with van der Waals surface area (Å²) in [6.07, 6.45) is 5.48. The van der Waals surface area contributed by atoms with Crippen LogP contribution in [0.15, 0.2) is 48.7 Å². The first-order valence-electron chi connectivity index (χ1n) is 14.5. The lowest BCUT2D eigenvalue weighted by Crippen LogP contribution is -3.14. The number of aryl methyl sites for hydroxylation is 2. The highest BCUT2D eigenvalue weighted by molar-refractivity contribution is 5.88. The summed E-state index contributed by atoms with van der Waals surface area (Å²) < 4.78 is 16.5. The fourth-order valence-corrected chi connectivity index (χ4v) is 5.53. The molecule has 0 spiro atoms. The number of rotatable bonds is 12. The molecule has 1 aliphatic heterocycles. The molecule has 1 fully saturated rings. The fraction of sp³-hybridized carbons (Fsp3) is 0.452. The van der Waals surface area contributed by atoms with Crippen molar-refractivity contribution >= 4 is 28.7 Å². The van der Waals surface area contributed by atoms with Gasteiger partial charge in [-0.1, -0.05) is 24.3 Å². The lowest BCUT2D eigenvalue weighted by atomic mass is 10.0. The van der Waals surface area contributed by atoms with Gasteiger partial charge in [0, 0.05) is 36.4 Å². The predicted molar refractivity (Wildman–Crippen MR) is 151 cm³/mol. The molecule has 3 aromatic rings. The van der Waals surface area contributed by atoms with Gasteiger partial charge in [0.25, 0.3) is 0 Å². The quantitative estimate of drug-likeness (QED) is 0.116. The molecule has 6 N–H and O–H groups in total. The lowest BCUT2D eigenvalue weighted by molar-refractivity contribution is -0.908. The molecule has 1 aliphatic carbocycles. The largest absolute Gasteiger partial charge is 1.00 e. The van der Waals surface area contributed by atoms with Crippen LogP contribution in [-0.4, -0.2) is 74.4 Å². The zero-order chi connectivity index (χ0) is 28.6. The maximum absolute atomic E-state index is 13.4. The van der Waals surface area contributed by atoms with Crippen LogP contribution in [-0.2, 0) is 43.1 Å². The molecule has 5 rings (SSSR count). The number of aromatic amines is 1. The SMILES string of the molecule is [Cl-].[Cl-].[NH3+][C@H](CCC(=O)N[C@H](Cc1c[nH]c2ccccc12)C(=O)Oc1ccc2c(c1)CCC2)C(=O)OCC[NH+]1CCOCC1.